The van der Waals surface area contributed by atoms with Crippen LogP contribution in [0.2, 0.25) is 0 Å². The summed E-state index contributed by atoms with van der Waals surface area (Å²) in [5.74, 6) is 0.658. The molecule has 0 radical (unpaired) electrons. The van der Waals surface area contributed by atoms with Crippen molar-refractivity contribution in [1.29, 1.82) is 0 Å². The Bertz CT molecular complexity index is 1450. The predicted molar refractivity (Wildman–Crippen MR) is 172 cm³/mol. The smallest absolute Gasteiger partial charge is 0.407 e. The molecule has 0 saturated carbocycles. The molecule has 224 valence electrons. The highest BCUT2D eigenvalue weighted by Gasteiger charge is 2.24. The first-order valence-corrected chi connectivity index (χ1v) is 16.5. The molecule has 1 amide bonds. The van der Waals surface area contributed by atoms with Crippen LogP contribution in [0.4, 0.5) is 4.79 Å². The number of carbonyl (C=O) groups is 1. The van der Waals surface area contributed by atoms with Crippen molar-refractivity contribution in [3.63, 3.8) is 0 Å². The van der Waals surface area contributed by atoms with Gasteiger partial charge in [-0.1, -0.05) is 30.3 Å². The second-order valence-electron chi connectivity index (χ2n) is 11.4. The van der Waals surface area contributed by atoms with Crippen LogP contribution in [0.1, 0.15) is 40.5 Å². The van der Waals surface area contributed by atoms with Gasteiger partial charge in [0.05, 0.1) is 48.6 Å². The van der Waals surface area contributed by atoms with Crippen molar-refractivity contribution in [2.75, 3.05) is 32.3 Å². The molecule has 0 aliphatic heterocycles. The van der Waals surface area contributed by atoms with Gasteiger partial charge in [-0.3, -0.25) is 9.97 Å². The number of nitrogens with one attached hydrogen (secondary N) is 1. The van der Waals surface area contributed by atoms with Crippen molar-refractivity contribution in [1.82, 2.24) is 19.9 Å². The van der Waals surface area contributed by atoms with Crippen LogP contribution in [0.25, 0.3) is 33.4 Å². The van der Waals surface area contributed by atoms with Gasteiger partial charge in [-0.2, -0.15) is 0 Å². The molecule has 42 heavy (non-hydrogen) atoms. The zero-order chi connectivity index (χ0) is 30.1. The number of hydrogen-bond donors (Lipinski definition) is 1. The number of pyridine rings is 2. The summed E-state index contributed by atoms with van der Waals surface area (Å²) in [6.07, 6.45) is 11.1. The Labute approximate surface area is 252 Å². The Kier molecular flexibility index (Phi) is 10.9. The van der Waals surface area contributed by atoms with E-state index >= 15 is 0 Å². The van der Waals surface area contributed by atoms with E-state index in [-0.39, 0.29) is 0 Å². The van der Waals surface area contributed by atoms with Crippen molar-refractivity contribution in [3.8, 4) is 28.1 Å². The molecular formula is C33H43N4O4S+. The fraction of sp³-hybridized carbons (Fsp3) is 0.424. The average molecular weight is 592 g/mol. The van der Waals surface area contributed by atoms with Gasteiger partial charge in [0.25, 0.3) is 0 Å². The normalized spacial score (nSPS) is 12.5. The summed E-state index contributed by atoms with van der Waals surface area (Å²) in [7, 11) is 0.348. The minimum Gasteiger partial charge on any atom is -0.491 e. The summed E-state index contributed by atoms with van der Waals surface area (Å²) in [6.45, 7) is 9.72. The standard InChI is InChI=1S/C33H42N4O4S/c1-24(42(5)6)16-21-39-23-37-27-14-10-17-35-30(27)29(25-12-8-7-9-13-25)31(37)26-15-19-34-22-28(26)40-20-11-18-36-32(38)41-33(2,3)4/h7-10,12-15,17,19,22,24H,11,16,18,20-21,23H2,1-6H3/p+1/t24-/m0/s1. The van der Waals surface area contributed by atoms with Crippen LogP contribution in [0, 0.1) is 0 Å². The van der Waals surface area contributed by atoms with Gasteiger partial charge in [-0.05, 0) is 68.8 Å². The third kappa shape index (κ3) is 8.26. The topological polar surface area (TPSA) is 87.5 Å². The number of ether oxygens (including phenoxy) is 3. The van der Waals surface area contributed by atoms with Gasteiger partial charge < -0.3 is 24.1 Å². The van der Waals surface area contributed by atoms with Crippen molar-refractivity contribution < 1.29 is 19.0 Å². The SMILES string of the molecule is C[C@@H](CCOCn1c(-c2ccncc2OCCCNC(=O)OC(C)(C)C)c(-c2ccccc2)c2ncccc21)[S+](C)C. The first kappa shape index (κ1) is 31.4. The third-order valence-electron chi connectivity index (χ3n) is 6.86. The molecule has 0 aliphatic rings. The highest BCUT2D eigenvalue weighted by molar-refractivity contribution is 7.96. The number of nitrogens with zero attached hydrogens (tertiary/aromatic N) is 3. The fourth-order valence-corrected chi connectivity index (χ4v) is 5.13. The van der Waals surface area contributed by atoms with Crippen LogP contribution in [-0.4, -0.2) is 63.7 Å². The molecule has 9 heteroatoms. The molecule has 0 fully saturated rings. The van der Waals surface area contributed by atoms with E-state index in [0.717, 1.165) is 39.8 Å². The van der Waals surface area contributed by atoms with E-state index in [2.05, 4.69) is 52.5 Å². The first-order valence-electron chi connectivity index (χ1n) is 14.4. The lowest BCUT2D eigenvalue weighted by Crippen LogP contribution is -2.33. The van der Waals surface area contributed by atoms with E-state index in [9.17, 15) is 4.79 Å². The highest BCUT2D eigenvalue weighted by atomic mass is 32.2. The van der Waals surface area contributed by atoms with Gasteiger partial charge in [0.1, 0.15) is 23.3 Å². The third-order valence-corrected chi connectivity index (χ3v) is 8.71. The number of benzene rings is 1. The number of carbonyl (C=O) groups excluding carboxylic acids is 1. The van der Waals surface area contributed by atoms with E-state index in [1.54, 1.807) is 12.4 Å². The van der Waals surface area contributed by atoms with Gasteiger partial charge in [-0.15, -0.1) is 0 Å². The van der Waals surface area contributed by atoms with Crippen molar-refractivity contribution in [2.24, 2.45) is 0 Å². The van der Waals surface area contributed by atoms with E-state index < -0.39 is 11.7 Å². The van der Waals surface area contributed by atoms with Crippen LogP contribution < -0.4 is 10.1 Å². The number of hydrogen-bond acceptors (Lipinski definition) is 6. The van der Waals surface area contributed by atoms with Crippen molar-refractivity contribution in [2.45, 2.75) is 58.1 Å². The van der Waals surface area contributed by atoms with E-state index in [4.69, 9.17) is 19.2 Å². The Hall–Kier alpha value is -3.56. The molecule has 4 rings (SSSR count). The molecule has 0 saturated heterocycles. The summed E-state index contributed by atoms with van der Waals surface area (Å²) in [5.41, 5.74) is 5.33. The molecule has 1 N–H and O–H groups in total. The Morgan fingerprint density at radius 1 is 1.05 bits per heavy atom. The Morgan fingerprint density at radius 2 is 1.83 bits per heavy atom. The lowest BCUT2D eigenvalue weighted by atomic mass is 10.0. The quantitative estimate of drug-likeness (QED) is 0.138. The molecule has 3 aromatic heterocycles. The lowest BCUT2D eigenvalue weighted by molar-refractivity contribution is 0.0525. The van der Waals surface area contributed by atoms with E-state index in [1.165, 1.54) is 0 Å². The van der Waals surface area contributed by atoms with E-state index in [1.807, 2.05) is 57.3 Å². The average Bonchev–Trinajstić information content (AvgIpc) is 3.28. The number of rotatable bonds is 13. The van der Waals surface area contributed by atoms with Gasteiger partial charge >= 0.3 is 6.09 Å². The maximum Gasteiger partial charge on any atom is 0.407 e. The maximum absolute atomic E-state index is 12.0. The van der Waals surface area contributed by atoms with Gasteiger partial charge in [0.2, 0.25) is 0 Å². The van der Waals surface area contributed by atoms with Gasteiger partial charge in [0, 0.05) is 36.5 Å². The number of alkyl carbamates (subject to hydrolysis) is 1. The fourth-order valence-electron chi connectivity index (χ4n) is 4.56. The predicted octanol–water partition coefficient (Wildman–Crippen LogP) is 6.69. The second kappa shape index (κ2) is 14.6. The molecular weight excluding hydrogens is 548 g/mol. The van der Waals surface area contributed by atoms with Crippen LogP contribution in [-0.2, 0) is 27.1 Å². The zero-order valence-electron chi connectivity index (χ0n) is 25.6. The van der Waals surface area contributed by atoms with Crippen LogP contribution in [0.15, 0.2) is 67.1 Å². The molecule has 0 unspecified atom stereocenters. The molecule has 0 spiro atoms. The van der Waals surface area contributed by atoms with Crippen molar-refractivity contribution >= 4 is 28.0 Å². The molecule has 3 heterocycles. The largest absolute Gasteiger partial charge is 0.491 e. The summed E-state index contributed by atoms with van der Waals surface area (Å²) in [4.78, 5) is 21.2. The summed E-state index contributed by atoms with van der Waals surface area (Å²) >= 11 is 0. The first-order chi connectivity index (χ1) is 20.2. The maximum atomic E-state index is 12.0. The minimum absolute atomic E-state index is 0.348. The molecule has 1 aromatic carbocycles. The minimum atomic E-state index is -0.536. The molecule has 8 nitrogen and oxygen atoms in total. The van der Waals surface area contributed by atoms with Crippen LogP contribution in [0.3, 0.4) is 0 Å². The second-order valence-corrected chi connectivity index (χ2v) is 14.0. The Balaban J connectivity index is 1.63. The van der Waals surface area contributed by atoms with Crippen molar-refractivity contribution in [3.05, 3.63) is 67.1 Å². The van der Waals surface area contributed by atoms with Gasteiger partial charge in [-0.25, -0.2) is 4.79 Å². The molecule has 0 aliphatic carbocycles. The molecule has 1 atom stereocenters. The molecule has 4 aromatic rings. The van der Waals surface area contributed by atoms with Crippen LogP contribution >= 0.6 is 0 Å². The summed E-state index contributed by atoms with van der Waals surface area (Å²) in [5, 5.41) is 3.40. The van der Waals surface area contributed by atoms with Crippen LogP contribution in [0.5, 0.6) is 5.75 Å². The number of fused-ring (bicyclic) bond motifs is 1. The number of aromatic nitrogens is 3. The zero-order valence-corrected chi connectivity index (χ0v) is 26.4. The van der Waals surface area contributed by atoms with E-state index in [0.29, 0.717) is 54.8 Å². The number of amides is 1. The highest BCUT2D eigenvalue weighted by Crippen LogP contribution is 2.43. The summed E-state index contributed by atoms with van der Waals surface area (Å²) in [6, 6.07) is 16.3. The monoisotopic (exact) mass is 591 g/mol. The molecule has 0 bridgehead atoms. The van der Waals surface area contributed by atoms with Gasteiger partial charge in [0.15, 0.2) is 0 Å². The lowest BCUT2D eigenvalue weighted by Gasteiger charge is -2.19. The Morgan fingerprint density at radius 3 is 2.57 bits per heavy atom. The summed E-state index contributed by atoms with van der Waals surface area (Å²) < 4.78 is 20.1.